The summed E-state index contributed by atoms with van der Waals surface area (Å²) in [6.45, 7) is 0. The molecule has 0 amide bonds. The zero-order valence-corrected chi connectivity index (χ0v) is 11.7. The summed E-state index contributed by atoms with van der Waals surface area (Å²) in [6, 6.07) is 11.2. The lowest BCUT2D eigenvalue weighted by Crippen LogP contribution is -2.12. The second-order valence-corrected chi connectivity index (χ2v) is 6.57. The molecule has 0 radical (unpaired) electrons. The first-order chi connectivity index (χ1) is 9.85. The lowest BCUT2D eigenvalue weighted by atomic mass is 9.82. The van der Waals surface area contributed by atoms with Crippen molar-refractivity contribution in [3.8, 4) is 5.75 Å². The fraction of sp³-hybridized carbons (Fsp3) is 0.368. The van der Waals surface area contributed by atoms with E-state index in [0.717, 1.165) is 29.4 Å². The molecule has 0 N–H and O–H groups in total. The Morgan fingerprint density at radius 1 is 1.05 bits per heavy atom. The van der Waals surface area contributed by atoms with E-state index in [9.17, 15) is 0 Å². The van der Waals surface area contributed by atoms with E-state index in [2.05, 4.69) is 42.5 Å². The number of benzene rings is 2. The highest BCUT2D eigenvalue weighted by Gasteiger charge is 2.49. The number of hydrogen-bond donors (Lipinski definition) is 0. The van der Waals surface area contributed by atoms with Crippen molar-refractivity contribution < 1.29 is 4.74 Å². The van der Waals surface area contributed by atoms with E-state index in [1.165, 1.54) is 23.6 Å². The molecule has 0 saturated heterocycles. The standard InChI is InChI=1S/C19H18O/c1-20-15-7-6-11-2-4-14-9-16-12-3-5-13(8-12)18(16)19(14)17(11)10-15/h2-7,10,12-13,16,18H,8-9H2,1H3. The third-order valence-electron chi connectivity index (χ3n) is 5.77. The van der Waals surface area contributed by atoms with Crippen molar-refractivity contribution in [1.29, 1.82) is 0 Å². The topological polar surface area (TPSA) is 9.23 Å². The van der Waals surface area contributed by atoms with Crippen LogP contribution in [0, 0.1) is 17.8 Å². The Balaban J connectivity index is 1.78. The van der Waals surface area contributed by atoms with Crippen molar-refractivity contribution in [1.82, 2.24) is 0 Å². The lowest BCUT2D eigenvalue weighted by Gasteiger charge is -2.22. The maximum absolute atomic E-state index is 5.44. The van der Waals surface area contributed by atoms with Gasteiger partial charge in [0, 0.05) is 0 Å². The Morgan fingerprint density at radius 3 is 2.80 bits per heavy atom. The SMILES string of the molecule is COc1ccc2ccc3c(c2c1)C1C2C=CC(C2)C1C3. The molecular weight excluding hydrogens is 244 g/mol. The van der Waals surface area contributed by atoms with Crippen LogP contribution >= 0.6 is 0 Å². The maximum Gasteiger partial charge on any atom is 0.119 e. The van der Waals surface area contributed by atoms with E-state index in [1.54, 1.807) is 18.2 Å². The summed E-state index contributed by atoms with van der Waals surface area (Å²) in [7, 11) is 1.76. The highest BCUT2D eigenvalue weighted by molar-refractivity contribution is 5.89. The van der Waals surface area contributed by atoms with Gasteiger partial charge in [-0.25, -0.2) is 0 Å². The van der Waals surface area contributed by atoms with Crippen molar-refractivity contribution in [2.75, 3.05) is 7.11 Å². The van der Waals surface area contributed by atoms with Gasteiger partial charge in [0.25, 0.3) is 0 Å². The van der Waals surface area contributed by atoms with Crippen LogP contribution in [0.5, 0.6) is 5.75 Å². The second-order valence-electron chi connectivity index (χ2n) is 6.57. The first kappa shape index (κ1) is 11.0. The number of allylic oxidation sites excluding steroid dienone is 2. The zero-order chi connectivity index (χ0) is 13.3. The van der Waals surface area contributed by atoms with E-state index in [0.29, 0.717) is 0 Å². The Bertz CT molecular complexity index is 743. The summed E-state index contributed by atoms with van der Waals surface area (Å²) in [6.07, 6.45) is 7.61. The zero-order valence-electron chi connectivity index (χ0n) is 11.7. The minimum atomic E-state index is 0.760. The number of fused-ring (bicyclic) bond motifs is 9. The molecule has 2 bridgehead atoms. The predicted molar refractivity (Wildman–Crippen MR) is 81.2 cm³/mol. The Kier molecular flexibility index (Phi) is 2.01. The van der Waals surface area contributed by atoms with Crippen LogP contribution in [-0.4, -0.2) is 7.11 Å². The van der Waals surface area contributed by atoms with Gasteiger partial charge in [0.15, 0.2) is 0 Å². The van der Waals surface area contributed by atoms with Gasteiger partial charge in [0.05, 0.1) is 7.11 Å². The van der Waals surface area contributed by atoms with Gasteiger partial charge in [0.1, 0.15) is 5.75 Å². The Hall–Kier alpha value is -1.76. The highest BCUT2D eigenvalue weighted by Crippen LogP contribution is 2.59. The largest absolute Gasteiger partial charge is 0.497 e. The van der Waals surface area contributed by atoms with Gasteiger partial charge >= 0.3 is 0 Å². The van der Waals surface area contributed by atoms with Gasteiger partial charge in [0.2, 0.25) is 0 Å². The third kappa shape index (κ3) is 1.24. The number of rotatable bonds is 1. The van der Waals surface area contributed by atoms with Gasteiger partial charge in [-0.3, -0.25) is 0 Å². The molecule has 1 fully saturated rings. The van der Waals surface area contributed by atoms with Gasteiger partial charge in [-0.05, 0) is 70.5 Å². The van der Waals surface area contributed by atoms with E-state index < -0.39 is 0 Å². The molecular formula is C19H18O. The van der Waals surface area contributed by atoms with Gasteiger partial charge in [-0.15, -0.1) is 0 Å². The van der Waals surface area contributed by atoms with Gasteiger partial charge < -0.3 is 4.74 Å². The molecule has 5 rings (SSSR count). The summed E-state index contributed by atoms with van der Waals surface area (Å²) < 4.78 is 5.44. The molecule has 3 aliphatic rings. The average molecular weight is 262 g/mol. The number of hydrogen-bond acceptors (Lipinski definition) is 1. The predicted octanol–water partition coefficient (Wildman–Crippen LogP) is 4.31. The molecule has 4 unspecified atom stereocenters. The molecule has 3 aliphatic carbocycles. The fourth-order valence-electron chi connectivity index (χ4n) is 4.95. The maximum atomic E-state index is 5.44. The van der Waals surface area contributed by atoms with Crippen LogP contribution in [0.25, 0.3) is 10.8 Å². The van der Waals surface area contributed by atoms with E-state index >= 15 is 0 Å². The molecule has 1 nitrogen and oxygen atoms in total. The van der Waals surface area contributed by atoms with Crippen molar-refractivity contribution in [3.63, 3.8) is 0 Å². The fourth-order valence-corrected chi connectivity index (χ4v) is 4.95. The minimum absolute atomic E-state index is 0.760. The second kappa shape index (κ2) is 3.66. The summed E-state index contributed by atoms with van der Waals surface area (Å²) in [5.41, 5.74) is 3.21. The average Bonchev–Trinajstić information content (AvgIpc) is 3.17. The van der Waals surface area contributed by atoms with Crippen molar-refractivity contribution >= 4 is 10.8 Å². The summed E-state index contributed by atoms with van der Waals surface area (Å²) in [5, 5.41) is 2.78. The van der Waals surface area contributed by atoms with Crippen molar-refractivity contribution in [2.24, 2.45) is 17.8 Å². The lowest BCUT2D eigenvalue weighted by molar-refractivity contribution is 0.415. The summed E-state index contributed by atoms with van der Waals surface area (Å²) in [4.78, 5) is 0. The minimum Gasteiger partial charge on any atom is -0.497 e. The molecule has 1 saturated carbocycles. The van der Waals surface area contributed by atoms with Crippen LogP contribution in [0.15, 0.2) is 42.5 Å². The normalized spacial score (nSPS) is 32.6. The molecule has 4 atom stereocenters. The first-order valence-corrected chi connectivity index (χ1v) is 7.63. The molecule has 2 aromatic rings. The molecule has 20 heavy (non-hydrogen) atoms. The molecule has 2 aromatic carbocycles. The molecule has 0 heterocycles. The quantitative estimate of drug-likeness (QED) is 0.696. The van der Waals surface area contributed by atoms with E-state index in [-0.39, 0.29) is 0 Å². The smallest absolute Gasteiger partial charge is 0.119 e. The molecule has 0 aliphatic heterocycles. The summed E-state index contributed by atoms with van der Waals surface area (Å²) >= 11 is 0. The van der Waals surface area contributed by atoms with Crippen LogP contribution in [0.2, 0.25) is 0 Å². The Labute approximate surface area is 119 Å². The van der Waals surface area contributed by atoms with Crippen LogP contribution < -0.4 is 4.74 Å². The summed E-state index contributed by atoms with van der Waals surface area (Å²) in [5.74, 6) is 4.21. The van der Waals surface area contributed by atoms with Crippen LogP contribution in [0.4, 0.5) is 0 Å². The molecule has 0 spiro atoms. The van der Waals surface area contributed by atoms with Gasteiger partial charge in [-0.1, -0.05) is 30.4 Å². The Morgan fingerprint density at radius 2 is 1.90 bits per heavy atom. The van der Waals surface area contributed by atoms with Gasteiger partial charge in [-0.2, -0.15) is 0 Å². The van der Waals surface area contributed by atoms with Crippen molar-refractivity contribution in [3.05, 3.63) is 53.6 Å². The van der Waals surface area contributed by atoms with Crippen molar-refractivity contribution in [2.45, 2.75) is 18.8 Å². The highest BCUT2D eigenvalue weighted by atomic mass is 16.5. The molecule has 100 valence electrons. The van der Waals surface area contributed by atoms with Crippen LogP contribution in [-0.2, 0) is 6.42 Å². The number of methoxy groups -OCH3 is 1. The van der Waals surface area contributed by atoms with Crippen LogP contribution in [0.3, 0.4) is 0 Å². The monoisotopic (exact) mass is 262 g/mol. The van der Waals surface area contributed by atoms with E-state index in [1.807, 2.05) is 0 Å². The third-order valence-corrected chi connectivity index (χ3v) is 5.77. The molecule has 1 heteroatoms. The van der Waals surface area contributed by atoms with Crippen LogP contribution in [0.1, 0.15) is 23.5 Å². The first-order valence-electron chi connectivity index (χ1n) is 7.63. The van der Waals surface area contributed by atoms with E-state index in [4.69, 9.17) is 4.74 Å². The number of ether oxygens (including phenoxy) is 1. The molecule has 0 aromatic heterocycles.